The van der Waals surface area contributed by atoms with E-state index in [0.29, 0.717) is 23.5 Å². The minimum Gasteiger partial charge on any atom is -0.450 e. The van der Waals surface area contributed by atoms with E-state index in [9.17, 15) is 19.2 Å². The van der Waals surface area contributed by atoms with Crippen LogP contribution in [0.4, 0.5) is 17.1 Å². The van der Waals surface area contributed by atoms with E-state index in [1.54, 1.807) is 30.3 Å². The first kappa shape index (κ1) is 19.6. The molecule has 0 aromatic heterocycles. The third-order valence-corrected chi connectivity index (χ3v) is 7.12. The minimum absolute atomic E-state index is 0.144. The smallest absolute Gasteiger partial charge is 0.344 e. The highest BCUT2D eigenvalue weighted by Gasteiger charge is 2.59. The maximum absolute atomic E-state index is 13.3. The zero-order valence-electron chi connectivity index (χ0n) is 16.7. The van der Waals surface area contributed by atoms with Gasteiger partial charge in [0.1, 0.15) is 6.54 Å². The predicted molar refractivity (Wildman–Crippen MR) is 115 cm³/mol. The first-order valence-electron chi connectivity index (χ1n) is 9.93. The summed E-state index contributed by atoms with van der Waals surface area (Å²) in [5, 5.41) is 2.73. The van der Waals surface area contributed by atoms with E-state index in [-0.39, 0.29) is 24.8 Å². The topological polar surface area (TPSA) is 96.0 Å². The summed E-state index contributed by atoms with van der Waals surface area (Å²) >= 11 is 1.29. The lowest BCUT2D eigenvalue weighted by Gasteiger charge is -2.33. The largest absolute Gasteiger partial charge is 0.450 e. The van der Waals surface area contributed by atoms with E-state index in [1.807, 2.05) is 18.2 Å². The third kappa shape index (κ3) is 2.99. The highest BCUT2D eigenvalue weighted by atomic mass is 32.2. The fourth-order valence-corrected chi connectivity index (χ4v) is 5.63. The molecule has 0 aliphatic carbocycles. The van der Waals surface area contributed by atoms with Crippen LogP contribution in [0.25, 0.3) is 0 Å². The molecule has 0 unspecified atom stereocenters. The number of benzene rings is 2. The molecule has 158 valence electrons. The second kappa shape index (κ2) is 7.12. The molecule has 8 nitrogen and oxygen atoms in total. The molecule has 1 saturated heterocycles. The van der Waals surface area contributed by atoms with Crippen molar-refractivity contribution in [3.8, 4) is 0 Å². The minimum atomic E-state index is -1.20. The van der Waals surface area contributed by atoms with Gasteiger partial charge >= 0.3 is 5.97 Å². The van der Waals surface area contributed by atoms with Crippen LogP contribution in [-0.4, -0.2) is 41.2 Å². The van der Waals surface area contributed by atoms with Crippen LogP contribution in [0.2, 0.25) is 0 Å². The Balaban J connectivity index is 1.38. The average molecular weight is 437 g/mol. The molecule has 0 bridgehead atoms. The number of para-hydroxylation sites is 3. The van der Waals surface area contributed by atoms with Gasteiger partial charge in [-0.15, -0.1) is 0 Å². The normalized spacial score (nSPS) is 22.4. The molecule has 2 aromatic carbocycles. The number of carbonyl (C=O) groups is 4. The zero-order chi connectivity index (χ0) is 21.8. The van der Waals surface area contributed by atoms with Crippen LogP contribution in [0.5, 0.6) is 0 Å². The van der Waals surface area contributed by atoms with Gasteiger partial charge in [0.25, 0.3) is 5.91 Å². The van der Waals surface area contributed by atoms with Gasteiger partial charge in [0.05, 0.1) is 17.1 Å². The first-order valence-corrected chi connectivity index (χ1v) is 10.7. The molecule has 3 heterocycles. The summed E-state index contributed by atoms with van der Waals surface area (Å²) in [6, 6.07) is 14.3. The maximum Gasteiger partial charge on any atom is 0.344 e. The first-order chi connectivity index (χ1) is 14.9. The molecule has 3 aliphatic heterocycles. The predicted octanol–water partition coefficient (Wildman–Crippen LogP) is 2.53. The Morgan fingerprint density at radius 2 is 1.81 bits per heavy atom. The van der Waals surface area contributed by atoms with Gasteiger partial charge in [0, 0.05) is 17.7 Å². The molecule has 2 atom stereocenters. The van der Waals surface area contributed by atoms with Crippen LogP contribution >= 0.6 is 11.8 Å². The van der Waals surface area contributed by atoms with Crippen molar-refractivity contribution in [3.05, 3.63) is 48.5 Å². The van der Waals surface area contributed by atoms with Gasteiger partial charge in [0.15, 0.2) is 11.0 Å². The highest BCUT2D eigenvalue weighted by molar-refractivity contribution is 8.02. The van der Waals surface area contributed by atoms with E-state index in [1.165, 1.54) is 28.5 Å². The highest BCUT2D eigenvalue weighted by Crippen LogP contribution is 2.56. The van der Waals surface area contributed by atoms with Gasteiger partial charge in [-0.1, -0.05) is 36.0 Å². The van der Waals surface area contributed by atoms with Gasteiger partial charge < -0.3 is 10.1 Å². The standard InChI is InChI=1S/C22H19N3O5S/c1-13(20(28)24-12-18(26)23-14-6-2-3-7-15(14)24)30-21(29)22-11-10-19(27)25(22)16-8-4-5-9-17(16)31-22/h2-9,13H,10-12H2,1H3,(H,23,26)/t13-,22+/m0/s1. The molecule has 2 aromatic rings. The molecule has 5 rings (SSSR count). The van der Waals surface area contributed by atoms with E-state index in [2.05, 4.69) is 5.32 Å². The monoisotopic (exact) mass is 437 g/mol. The fraction of sp³-hybridized carbons (Fsp3) is 0.273. The van der Waals surface area contributed by atoms with Crippen molar-refractivity contribution in [1.29, 1.82) is 0 Å². The van der Waals surface area contributed by atoms with Gasteiger partial charge in [-0.05, 0) is 31.2 Å². The second-order valence-electron chi connectivity index (χ2n) is 7.62. The lowest BCUT2D eigenvalue weighted by molar-refractivity contribution is -0.156. The quantitative estimate of drug-likeness (QED) is 0.742. The summed E-state index contributed by atoms with van der Waals surface area (Å²) in [5.41, 5.74) is 1.76. The second-order valence-corrected chi connectivity index (χ2v) is 8.94. The Bertz CT molecular complexity index is 1140. The van der Waals surface area contributed by atoms with E-state index >= 15 is 0 Å². The number of esters is 1. The number of hydrogen-bond donors (Lipinski definition) is 1. The Hall–Kier alpha value is -3.33. The molecular formula is C22H19N3O5S. The van der Waals surface area contributed by atoms with Gasteiger partial charge in [0.2, 0.25) is 11.8 Å². The molecule has 0 saturated carbocycles. The number of fused-ring (bicyclic) bond motifs is 4. The number of anilines is 3. The summed E-state index contributed by atoms with van der Waals surface area (Å²) in [6.45, 7) is 1.33. The number of thioether (sulfide) groups is 1. The summed E-state index contributed by atoms with van der Waals surface area (Å²) in [4.78, 5) is 53.4. The lowest BCUT2D eigenvalue weighted by Crippen LogP contribution is -2.51. The van der Waals surface area contributed by atoms with Crippen molar-refractivity contribution in [2.45, 2.75) is 35.6 Å². The average Bonchev–Trinajstić information content (AvgIpc) is 3.28. The molecule has 31 heavy (non-hydrogen) atoms. The molecule has 3 amide bonds. The van der Waals surface area contributed by atoms with Crippen LogP contribution in [0.1, 0.15) is 19.8 Å². The Labute approximate surface area is 182 Å². The molecule has 0 radical (unpaired) electrons. The van der Waals surface area contributed by atoms with Crippen molar-refractivity contribution in [1.82, 2.24) is 0 Å². The van der Waals surface area contributed by atoms with Crippen molar-refractivity contribution >= 4 is 52.5 Å². The zero-order valence-corrected chi connectivity index (χ0v) is 17.5. The summed E-state index contributed by atoms with van der Waals surface area (Å²) in [6.07, 6.45) is -0.583. The summed E-state index contributed by atoms with van der Waals surface area (Å²) < 4.78 is 5.61. The Morgan fingerprint density at radius 1 is 1.10 bits per heavy atom. The fourth-order valence-electron chi connectivity index (χ4n) is 4.22. The van der Waals surface area contributed by atoms with Gasteiger partial charge in [-0.2, -0.15) is 0 Å². The van der Waals surface area contributed by atoms with E-state index < -0.39 is 22.9 Å². The molecule has 1 N–H and O–H groups in total. The van der Waals surface area contributed by atoms with Crippen molar-refractivity contribution in [3.63, 3.8) is 0 Å². The number of ether oxygens (including phenoxy) is 1. The number of hydrogen-bond acceptors (Lipinski definition) is 6. The van der Waals surface area contributed by atoms with Crippen molar-refractivity contribution in [2.24, 2.45) is 0 Å². The van der Waals surface area contributed by atoms with Crippen molar-refractivity contribution < 1.29 is 23.9 Å². The van der Waals surface area contributed by atoms with Crippen LogP contribution in [0.15, 0.2) is 53.4 Å². The van der Waals surface area contributed by atoms with E-state index in [4.69, 9.17) is 4.74 Å². The van der Waals surface area contributed by atoms with Crippen LogP contribution in [0, 0.1) is 0 Å². The molecule has 3 aliphatic rings. The summed E-state index contributed by atoms with van der Waals surface area (Å²) in [5.74, 6) is -1.59. The maximum atomic E-state index is 13.3. The number of amides is 3. The third-order valence-electron chi connectivity index (χ3n) is 5.66. The van der Waals surface area contributed by atoms with Crippen LogP contribution in [0.3, 0.4) is 0 Å². The SMILES string of the molecule is C[C@H](OC(=O)[C@]12CCC(=O)N1c1ccccc1S2)C(=O)N1CC(=O)Nc2ccccc21. The van der Waals surface area contributed by atoms with Gasteiger partial charge in [-0.3, -0.25) is 24.2 Å². The van der Waals surface area contributed by atoms with E-state index in [0.717, 1.165) is 4.90 Å². The summed E-state index contributed by atoms with van der Waals surface area (Å²) in [7, 11) is 0. The number of rotatable bonds is 3. The Kier molecular flexibility index (Phi) is 4.51. The molecule has 1 fully saturated rings. The lowest BCUT2D eigenvalue weighted by atomic mass is 10.1. The van der Waals surface area contributed by atoms with Crippen molar-refractivity contribution in [2.75, 3.05) is 21.7 Å². The number of carbonyl (C=O) groups excluding carboxylic acids is 4. The number of nitrogens with one attached hydrogen (secondary N) is 1. The van der Waals surface area contributed by atoms with Crippen LogP contribution < -0.4 is 15.1 Å². The number of nitrogens with zero attached hydrogens (tertiary/aromatic N) is 2. The Morgan fingerprint density at radius 3 is 2.61 bits per heavy atom. The molecule has 9 heteroatoms. The molecular weight excluding hydrogens is 418 g/mol. The van der Waals surface area contributed by atoms with Crippen LogP contribution in [-0.2, 0) is 23.9 Å². The van der Waals surface area contributed by atoms with Gasteiger partial charge in [-0.25, -0.2) is 4.79 Å². The molecule has 0 spiro atoms.